The fraction of sp³-hybridized carbons (Fsp3) is 0.562. The molecule has 1 aliphatic carbocycles. The van der Waals surface area contributed by atoms with Crippen LogP contribution in [0.15, 0.2) is 28.7 Å². The molecular weight excluding hydrogens is 352 g/mol. The Morgan fingerprint density at radius 2 is 2.05 bits per heavy atom. The van der Waals surface area contributed by atoms with E-state index in [9.17, 15) is 4.79 Å². The Morgan fingerprint density at radius 1 is 1.43 bits per heavy atom. The lowest BCUT2D eigenvalue weighted by molar-refractivity contribution is -0.126. The van der Waals surface area contributed by atoms with Crippen LogP contribution in [0.2, 0.25) is 0 Å². The molecule has 2 rings (SSSR count). The van der Waals surface area contributed by atoms with Crippen molar-refractivity contribution < 1.29 is 4.79 Å². The highest BCUT2D eigenvalue weighted by molar-refractivity contribution is 9.10. The monoisotopic (exact) mass is 374 g/mol. The topological polar surface area (TPSA) is 55.1 Å². The van der Waals surface area contributed by atoms with E-state index in [1.54, 1.807) is 0 Å². The quantitative estimate of drug-likeness (QED) is 0.799. The van der Waals surface area contributed by atoms with Gasteiger partial charge in [-0.2, -0.15) is 0 Å². The Morgan fingerprint density at radius 3 is 2.57 bits per heavy atom. The largest absolute Gasteiger partial charge is 0.354 e. The van der Waals surface area contributed by atoms with Gasteiger partial charge in [0.25, 0.3) is 0 Å². The minimum Gasteiger partial charge on any atom is -0.354 e. The summed E-state index contributed by atoms with van der Waals surface area (Å²) in [5.74, 6) is -0.0438. The summed E-state index contributed by atoms with van der Waals surface area (Å²) in [4.78, 5) is 12.2. The Hall–Kier alpha value is -0.580. The van der Waals surface area contributed by atoms with Crippen LogP contribution in [0.4, 0.5) is 0 Å². The number of amides is 1. The molecule has 3 N–H and O–H groups in total. The molecule has 0 radical (unpaired) electrons. The van der Waals surface area contributed by atoms with Crippen molar-refractivity contribution in [3.8, 4) is 0 Å². The van der Waals surface area contributed by atoms with Crippen molar-refractivity contribution in [2.45, 2.75) is 50.5 Å². The summed E-state index contributed by atoms with van der Waals surface area (Å²) in [5, 5.41) is 3.05. The normalized spacial score (nSPS) is 18.3. The van der Waals surface area contributed by atoms with Crippen LogP contribution >= 0.6 is 28.3 Å². The lowest BCUT2D eigenvalue weighted by atomic mass is 9.93. The van der Waals surface area contributed by atoms with Gasteiger partial charge in [0, 0.05) is 16.4 Å². The van der Waals surface area contributed by atoms with Crippen LogP contribution in [-0.4, -0.2) is 18.0 Å². The number of benzene rings is 1. The van der Waals surface area contributed by atoms with E-state index in [0.29, 0.717) is 13.0 Å². The molecule has 1 aromatic carbocycles. The maximum absolute atomic E-state index is 12.2. The van der Waals surface area contributed by atoms with Crippen LogP contribution in [-0.2, 0) is 10.2 Å². The molecule has 21 heavy (non-hydrogen) atoms. The molecule has 1 fully saturated rings. The molecule has 1 atom stereocenters. The number of nitrogens with one attached hydrogen (secondary N) is 1. The molecule has 5 heteroatoms. The number of nitrogens with two attached hydrogens (primary N) is 1. The summed E-state index contributed by atoms with van der Waals surface area (Å²) >= 11 is 3.61. The zero-order valence-electron chi connectivity index (χ0n) is 12.6. The van der Waals surface area contributed by atoms with Gasteiger partial charge in [-0.15, -0.1) is 12.4 Å². The number of rotatable bonds is 6. The fourth-order valence-corrected chi connectivity index (χ4v) is 3.37. The predicted octanol–water partition coefficient (Wildman–Crippen LogP) is 3.54. The summed E-state index contributed by atoms with van der Waals surface area (Å²) in [6.07, 6.45) is 3.85. The summed E-state index contributed by atoms with van der Waals surface area (Å²) in [7, 11) is 0. The average Bonchev–Trinajstić information content (AvgIpc) is 3.17. The Balaban J connectivity index is 0.00000220. The van der Waals surface area contributed by atoms with Gasteiger partial charge in [0.15, 0.2) is 0 Å². The number of carbonyl (C=O) groups excluding carboxylic acids is 1. The molecule has 1 aromatic rings. The standard InChI is InChI=1S/C16H23BrN2O.ClH/c1-3-8-15(2,18)14(20)19-11-16(9-10-16)12-6-4-5-7-13(12)17;/h4-7H,3,8-11,18H2,1-2H3,(H,19,20);1H. The third-order valence-corrected chi connectivity index (χ3v) is 4.87. The lowest BCUT2D eigenvalue weighted by Gasteiger charge is -2.25. The van der Waals surface area contributed by atoms with Gasteiger partial charge in [-0.1, -0.05) is 47.5 Å². The Kier molecular flexibility index (Phi) is 6.26. The van der Waals surface area contributed by atoms with Crippen molar-refractivity contribution in [2.24, 2.45) is 5.73 Å². The Labute approximate surface area is 141 Å². The van der Waals surface area contributed by atoms with Gasteiger partial charge in [0.1, 0.15) is 0 Å². The van der Waals surface area contributed by atoms with Crippen LogP contribution in [0.1, 0.15) is 45.1 Å². The smallest absolute Gasteiger partial charge is 0.239 e. The highest BCUT2D eigenvalue weighted by atomic mass is 79.9. The van der Waals surface area contributed by atoms with Crippen LogP contribution in [0.5, 0.6) is 0 Å². The van der Waals surface area contributed by atoms with E-state index in [0.717, 1.165) is 23.7 Å². The molecule has 1 unspecified atom stereocenters. The molecule has 1 amide bonds. The SMILES string of the molecule is CCCC(C)(N)C(=O)NCC1(c2ccccc2Br)CC1.Cl. The third-order valence-electron chi connectivity index (χ3n) is 4.17. The summed E-state index contributed by atoms with van der Waals surface area (Å²) < 4.78 is 1.12. The van der Waals surface area contributed by atoms with Crippen LogP contribution in [0.25, 0.3) is 0 Å². The van der Waals surface area contributed by atoms with Gasteiger partial charge in [-0.3, -0.25) is 4.79 Å². The minimum absolute atomic E-state index is 0. The predicted molar refractivity (Wildman–Crippen MR) is 92.8 cm³/mol. The first-order chi connectivity index (χ1) is 9.41. The van der Waals surface area contributed by atoms with Crippen molar-refractivity contribution >= 4 is 34.2 Å². The lowest BCUT2D eigenvalue weighted by Crippen LogP contribution is -2.52. The zero-order valence-corrected chi connectivity index (χ0v) is 15.0. The van der Waals surface area contributed by atoms with Crippen molar-refractivity contribution in [3.63, 3.8) is 0 Å². The molecule has 1 saturated carbocycles. The van der Waals surface area contributed by atoms with Gasteiger partial charge >= 0.3 is 0 Å². The number of hydrogen-bond donors (Lipinski definition) is 2. The van der Waals surface area contributed by atoms with Crippen molar-refractivity contribution in [1.29, 1.82) is 0 Å². The molecule has 0 aromatic heterocycles. The third kappa shape index (κ3) is 4.21. The van der Waals surface area contributed by atoms with Crippen molar-refractivity contribution in [1.82, 2.24) is 5.32 Å². The minimum atomic E-state index is -0.765. The van der Waals surface area contributed by atoms with Gasteiger partial charge in [0.2, 0.25) is 5.91 Å². The first-order valence-electron chi connectivity index (χ1n) is 7.23. The molecule has 118 valence electrons. The van der Waals surface area contributed by atoms with Crippen molar-refractivity contribution in [3.05, 3.63) is 34.3 Å². The van der Waals surface area contributed by atoms with Gasteiger partial charge in [0.05, 0.1) is 5.54 Å². The van der Waals surface area contributed by atoms with Crippen LogP contribution in [0, 0.1) is 0 Å². The van der Waals surface area contributed by atoms with E-state index in [1.165, 1.54) is 5.56 Å². The number of hydrogen-bond acceptors (Lipinski definition) is 2. The highest BCUT2D eigenvalue weighted by Gasteiger charge is 2.46. The zero-order chi connectivity index (χ0) is 14.8. The highest BCUT2D eigenvalue weighted by Crippen LogP contribution is 2.49. The maximum atomic E-state index is 12.2. The van der Waals surface area contributed by atoms with E-state index in [2.05, 4.69) is 33.4 Å². The van der Waals surface area contributed by atoms with E-state index in [-0.39, 0.29) is 23.7 Å². The molecule has 0 saturated heterocycles. The van der Waals surface area contributed by atoms with Crippen LogP contribution in [0.3, 0.4) is 0 Å². The molecule has 3 nitrogen and oxygen atoms in total. The van der Waals surface area contributed by atoms with E-state index >= 15 is 0 Å². The first-order valence-corrected chi connectivity index (χ1v) is 8.03. The second-order valence-electron chi connectivity index (χ2n) is 6.11. The van der Waals surface area contributed by atoms with E-state index in [1.807, 2.05) is 26.0 Å². The summed E-state index contributed by atoms with van der Waals surface area (Å²) in [6.45, 7) is 4.52. The maximum Gasteiger partial charge on any atom is 0.239 e. The number of halogens is 2. The molecule has 1 aliphatic rings. The summed E-state index contributed by atoms with van der Waals surface area (Å²) in [5.41, 5.74) is 6.68. The second-order valence-corrected chi connectivity index (χ2v) is 6.96. The van der Waals surface area contributed by atoms with Gasteiger partial charge in [-0.05, 0) is 37.8 Å². The fourth-order valence-electron chi connectivity index (χ4n) is 2.67. The summed E-state index contributed by atoms with van der Waals surface area (Å²) in [6, 6.07) is 8.25. The average molecular weight is 376 g/mol. The Bertz CT molecular complexity index is 501. The molecule has 0 spiro atoms. The molecule has 0 bridgehead atoms. The van der Waals surface area contributed by atoms with Gasteiger partial charge in [-0.25, -0.2) is 0 Å². The first kappa shape index (κ1) is 18.5. The molecular formula is C16H24BrClN2O. The van der Waals surface area contributed by atoms with Crippen LogP contribution < -0.4 is 11.1 Å². The van der Waals surface area contributed by atoms with E-state index < -0.39 is 5.54 Å². The number of carbonyl (C=O) groups is 1. The molecule has 0 heterocycles. The van der Waals surface area contributed by atoms with Gasteiger partial charge < -0.3 is 11.1 Å². The second kappa shape index (κ2) is 7.12. The molecule has 0 aliphatic heterocycles. The van der Waals surface area contributed by atoms with Crippen molar-refractivity contribution in [2.75, 3.05) is 6.54 Å². The van der Waals surface area contributed by atoms with E-state index in [4.69, 9.17) is 5.73 Å².